The summed E-state index contributed by atoms with van der Waals surface area (Å²) >= 11 is 2.18. The van der Waals surface area contributed by atoms with Crippen LogP contribution in [0.15, 0.2) is 54.9 Å². The van der Waals surface area contributed by atoms with Crippen LogP contribution in [0, 0.1) is 11.6 Å². The van der Waals surface area contributed by atoms with E-state index >= 15 is 0 Å². The first kappa shape index (κ1) is 28.6. The van der Waals surface area contributed by atoms with Gasteiger partial charge in [0.1, 0.15) is 23.1 Å². The van der Waals surface area contributed by atoms with E-state index in [1.54, 1.807) is 12.3 Å². The molecule has 14 heteroatoms. The van der Waals surface area contributed by atoms with Crippen molar-refractivity contribution in [3.8, 4) is 0 Å². The van der Waals surface area contributed by atoms with Crippen molar-refractivity contribution in [2.45, 2.75) is 25.1 Å². The first-order valence-electron chi connectivity index (χ1n) is 13.3. The molecule has 0 bridgehead atoms. The Hall–Kier alpha value is -3.53. The molecular formula is C28H25F5IN7O. The van der Waals surface area contributed by atoms with Gasteiger partial charge in [-0.1, -0.05) is 0 Å². The average Bonchev–Trinajstić information content (AvgIpc) is 3.61. The van der Waals surface area contributed by atoms with Crippen molar-refractivity contribution in [3.05, 3.63) is 83.2 Å². The Balaban J connectivity index is 1.28. The number of nitrogens with zero attached hydrogens (tertiary/aromatic N) is 6. The number of nitrogens with one attached hydrogen (secondary N) is 1. The molecule has 2 aliphatic rings. The highest BCUT2D eigenvalue weighted by molar-refractivity contribution is 14.1. The molecule has 0 saturated carbocycles. The van der Waals surface area contributed by atoms with Crippen molar-refractivity contribution < 1.29 is 26.7 Å². The third-order valence-electron chi connectivity index (χ3n) is 7.61. The number of alkyl halides is 3. The molecule has 4 heterocycles. The van der Waals surface area contributed by atoms with Gasteiger partial charge in [0.05, 0.1) is 23.4 Å². The van der Waals surface area contributed by atoms with E-state index < -0.39 is 40.9 Å². The van der Waals surface area contributed by atoms with Crippen molar-refractivity contribution in [2.75, 3.05) is 47.8 Å². The number of piperazine rings is 1. The molecule has 42 heavy (non-hydrogen) atoms. The van der Waals surface area contributed by atoms with Crippen molar-refractivity contribution in [2.24, 2.45) is 0 Å². The maximum atomic E-state index is 14.6. The number of halogens is 6. The molecule has 4 aromatic rings. The van der Waals surface area contributed by atoms with Gasteiger partial charge in [0, 0.05) is 73.0 Å². The molecule has 1 N–H and O–H groups in total. The van der Waals surface area contributed by atoms with Crippen LogP contribution in [0.1, 0.15) is 40.4 Å². The summed E-state index contributed by atoms with van der Waals surface area (Å²) in [6.45, 7) is 3.11. The number of hydrogen-bond donors (Lipinski definition) is 1. The molecule has 2 fully saturated rings. The third-order valence-corrected chi connectivity index (χ3v) is 8.58. The third kappa shape index (κ3) is 5.61. The summed E-state index contributed by atoms with van der Waals surface area (Å²) < 4.78 is 74.3. The highest BCUT2D eigenvalue weighted by Crippen LogP contribution is 2.38. The minimum Gasteiger partial charge on any atom is -0.369 e. The predicted molar refractivity (Wildman–Crippen MR) is 156 cm³/mol. The largest absolute Gasteiger partial charge is 0.417 e. The fourth-order valence-electron chi connectivity index (χ4n) is 5.53. The van der Waals surface area contributed by atoms with Gasteiger partial charge in [-0.2, -0.15) is 18.3 Å². The van der Waals surface area contributed by atoms with Crippen LogP contribution in [-0.2, 0) is 6.18 Å². The second-order valence-corrected chi connectivity index (χ2v) is 11.6. The standard InChI is InChI=1S/C28H25F5IN7O/c29-17-3-6-22(30)20(14-17)24-2-1-8-40(24)25-7-9-41-26(37-25)23(16-35-41)36-27(42)19-5-4-18(15-21(19)28(31,32)33)38-10-12-39(34)13-11-38/h3-7,9,14-16,24H,1-2,8,10-13H2,(H,36,42). The van der Waals surface area contributed by atoms with E-state index in [1.807, 2.05) is 9.80 Å². The summed E-state index contributed by atoms with van der Waals surface area (Å²) in [5.74, 6) is -1.58. The molecule has 8 nitrogen and oxygen atoms in total. The number of amides is 1. The molecule has 0 spiro atoms. The molecule has 6 rings (SSSR count). The number of carbonyl (C=O) groups excluding carboxylic acids is 1. The number of anilines is 3. The van der Waals surface area contributed by atoms with Crippen molar-refractivity contribution in [3.63, 3.8) is 0 Å². The quantitative estimate of drug-likeness (QED) is 0.155. The van der Waals surface area contributed by atoms with Crippen LogP contribution >= 0.6 is 22.9 Å². The summed E-state index contributed by atoms with van der Waals surface area (Å²) in [6.07, 6.45) is -0.545. The van der Waals surface area contributed by atoms with Gasteiger partial charge in [-0.15, -0.1) is 0 Å². The number of hydrogen-bond acceptors (Lipinski definition) is 6. The fraction of sp³-hybridized carbons (Fsp3) is 0.321. The molecule has 1 unspecified atom stereocenters. The second-order valence-electron chi connectivity index (χ2n) is 10.2. The summed E-state index contributed by atoms with van der Waals surface area (Å²) in [5, 5.41) is 6.71. The lowest BCUT2D eigenvalue weighted by molar-refractivity contribution is -0.137. The Morgan fingerprint density at radius 1 is 1.00 bits per heavy atom. The second kappa shape index (κ2) is 11.3. The molecule has 2 saturated heterocycles. The highest BCUT2D eigenvalue weighted by Gasteiger charge is 2.36. The van der Waals surface area contributed by atoms with E-state index in [1.165, 1.54) is 28.9 Å². The van der Waals surface area contributed by atoms with Crippen LogP contribution in [0.5, 0.6) is 0 Å². The summed E-state index contributed by atoms with van der Waals surface area (Å²) in [5.41, 5.74) is -0.610. The van der Waals surface area contributed by atoms with Gasteiger partial charge in [0.25, 0.3) is 5.91 Å². The topological polar surface area (TPSA) is 69.0 Å². The summed E-state index contributed by atoms with van der Waals surface area (Å²) in [4.78, 5) is 21.5. The maximum Gasteiger partial charge on any atom is 0.417 e. The van der Waals surface area contributed by atoms with E-state index in [-0.39, 0.29) is 16.9 Å². The first-order chi connectivity index (χ1) is 20.1. The lowest BCUT2D eigenvalue weighted by atomic mass is 10.0. The van der Waals surface area contributed by atoms with E-state index in [2.05, 4.69) is 41.4 Å². The number of rotatable bonds is 5. The van der Waals surface area contributed by atoms with E-state index in [4.69, 9.17) is 0 Å². The van der Waals surface area contributed by atoms with Crippen molar-refractivity contribution >= 4 is 51.6 Å². The lowest BCUT2D eigenvalue weighted by Gasteiger charge is -2.33. The zero-order valence-electron chi connectivity index (χ0n) is 22.1. The van der Waals surface area contributed by atoms with Crippen LogP contribution in [-0.4, -0.2) is 56.3 Å². The Morgan fingerprint density at radius 2 is 1.79 bits per heavy atom. The number of carbonyl (C=O) groups is 1. The monoisotopic (exact) mass is 697 g/mol. The Bertz CT molecular complexity index is 1640. The fourth-order valence-corrected chi connectivity index (χ4v) is 5.96. The van der Waals surface area contributed by atoms with E-state index in [0.29, 0.717) is 50.6 Å². The number of aromatic nitrogens is 3. The number of benzene rings is 2. The van der Waals surface area contributed by atoms with E-state index in [9.17, 15) is 26.7 Å². The number of fused-ring (bicyclic) bond motifs is 1. The van der Waals surface area contributed by atoms with Crippen LogP contribution < -0.4 is 15.1 Å². The molecule has 0 radical (unpaired) electrons. The Labute approximate surface area is 251 Å². The average molecular weight is 697 g/mol. The summed E-state index contributed by atoms with van der Waals surface area (Å²) in [7, 11) is 0. The molecule has 1 atom stereocenters. The van der Waals surface area contributed by atoms with Crippen molar-refractivity contribution in [1.29, 1.82) is 0 Å². The predicted octanol–water partition coefficient (Wildman–Crippen LogP) is 6.09. The SMILES string of the molecule is O=C(Nc1cnn2ccc(N3CCCC3c3cc(F)ccc3F)nc12)c1ccc(N2CCN(I)CC2)cc1C(F)(F)F. The highest BCUT2D eigenvalue weighted by atomic mass is 127. The molecule has 1 amide bonds. The molecule has 2 aromatic heterocycles. The maximum absolute atomic E-state index is 14.6. The van der Waals surface area contributed by atoms with Gasteiger partial charge in [-0.25, -0.2) is 21.4 Å². The Kier molecular flexibility index (Phi) is 7.68. The molecule has 2 aliphatic heterocycles. The minimum absolute atomic E-state index is 0.116. The zero-order valence-corrected chi connectivity index (χ0v) is 24.2. The molecule has 2 aromatic carbocycles. The van der Waals surface area contributed by atoms with Crippen LogP contribution in [0.2, 0.25) is 0 Å². The van der Waals surface area contributed by atoms with Gasteiger partial charge in [0.15, 0.2) is 5.65 Å². The smallest absolute Gasteiger partial charge is 0.369 e. The van der Waals surface area contributed by atoms with Crippen molar-refractivity contribution in [1.82, 2.24) is 17.7 Å². The molecular weight excluding hydrogens is 672 g/mol. The van der Waals surface area contributed by atoms with Crippen LogP contribution in [0.3, 0.4) is 0 Å². The molecule has 220 valence electrons. The Morgan fingerprint density at radius 3 is 2.55 bits per heavy atom. The van der Waals surface area contributed by atoms with Gasteiger partial charge in [0.2, 0.25) is 0 Å². The van der Waals surface area contributed by atoms with Crippen LogP contribution in [0.4, 0.5) is 39.1 Å². The minimum atomic E-state index is -4.75. The normalized spacial score (nSPS) is 18.2. The van der Waals surface area contributed by atoms with Crippen LogP contribution in [0.25, 0.3) is 5.65 Å². The lowest BCUT2D eigenvalue weighted by Crippen LogP contribution is -2.42. The summed E-state index contributed by atoms with van der Waals surface area (Å²) in [6, 6.07) is 8.28. The van der Waals surface area contributed by atoms with Gasteiger partial charge in [-0.05, 0) is 55.3 Å². The van der Waals surface area contributed by atoms with Gasteiger partial charge in [-0.3, -0.25) is 4.79 Å². The molecule has 0 aliphatic carbocycles. The van der Waals surface area contributed by atoms with Gasteiger partial charge >= 0.3 is 6.18 Å². The first-order valence-corrected chi connectivity index (χ1v) is 14.3. The van der Waals surface area contributed by atoms with E-state index in [0.717, 1.165) is 24.6 Å². The zero-order chi connectivity index (χ0) is 29.6. The van der Waals surface area contributed by atoms with Gasteiger partial charge < -0.3 is 15.1 Å².